The van der Waals surface area contributed by atoms with Crippen LogP contribution in [0, 0.1) is 5.92 Å². The third-order valence-electron chi connectivity index (χ3n) is 4.13. The summed E-state index contributed by atoms with van der Waals surface area (Å²) in [7, 11) is -2.35. The van der Waals surface area contributed by atoms with E-state index in [1.807, 2.05) is 0 Å². The van der Waals surface area contributed by atoms with E-state index in [2.05, 4.69) is 5.32 Å². The molecule has 1 aliphatic heterocycles. The molecular weight excluding hydrogens is 360 g/mol. The van der Waals surface area contributed by atoms with E-state index in [0.717, 1.165) is 0 Å². The number of sulfonamides is 1. The van der Waals surface area contributed by atoms with Gasteiger partial charge in [0.05, 0.1) is 25.2 Å². The number of esters is 1. The second-order valence-corrected chi connectivity index (χ2v) is 8.20. The lowest BCUT2D eigenvalue weighted by atomic mass is 10.0. The molecule has 1 amide bonds. The average Bonchev–Trinajstić information content (AvgIpc) is 2.65. The summed E-state index contributed by atoms with van der Waals surface area (Å²) in [5.74, 6) is -1.14. The van der Waals surface area contributed by atoms with Crippen molar-refractivity contribution in [2.24, 2.45) is 5.92 Å². The Balaban J connectivity index is 2.13. The van der Waals surface area contributed by atoms with Crippen LogP contribution in [0.25, 0.3) is 0 Å². The molecule has 0 bridgehead atoms. The Hall–Kier alpha value is -1.97. The van der Waals surface area contributed by atoms with E-state index in [1.54, 1.807) is 13.8 Å². The van der Waals surface area contributed by atoms with Crippen molar-refractivity contribution in [3.8, 4) is 0 Å². The molecule has 1 heterocycles. The van der Waals surface area contributed by atoms with E-state index in [4.69, 9.17) is 9.47 Å². The van der Waals surface area contributed by atoms with Crippen molar-refractivity contribution in [3.63, 3.8) is 0 Å². The largest absolute Gasteiger partial charge is 0.467 e. The summed E-state index contributed by atoms with van der Waals surface area (Å²) in [5.41, 5.74) is 0.264. The second kappa shape index (κ2) is 8.61. The van der Waals surface area contributed by atoms with Crippen molar-refractivity contribution in [1.29, 1.82) is 0 Å². The molecule has 1 aromatic carbocycles. The SMILES string of the molecule is COC(=O)[C@H](NC(=O)c1ccc(S(=O)(=O)N2CCOCC2)cc1)C(C)C. The minimum atomic E-state index is -3.61. The topological polar surface area (TPSA) is 102 Å². The molecule has 0 saturated carbocycles. The standard InChI is InChI=1S/C17H24N2O6S/c1-12(2)15(17(21)24-3)18-16(20)13-4-6-14(7-5-13)26(22,23)19-8-10-25-11-9-19/h4-7,12,15H,8-11H2,1-3H3,(H,18,20)/t15-/m1/s1. The molecule has 9 heteroatoms. The van der Waals surface area contributed by atoms with Crippen molar-refractivity contribution in [2.45, 2.75) is 24.8 Å². The molecule has 0 aliphatic carbocycles. The van der Waals surface area contributed by atoms with E-state index in [1.165, 1.54) is 35.7 Å². The molecule has 1 aromatic rings. The maximum Gasteiger partial charge on any atom is 0.328 e. The maximum absolute atomic E-state index is 12.6. The maximum atomic E-state index is 12.6. The number of ether oxygens (including phenoxy) is 2. The number of benzene rings is 1. The van der Waals surface area contributed by atoms with Gasteiger partial charge in [-0.15, -0.1) is 0 Å². The number of carbonyl (C=O) groups excluding carboxylic acids is 2. The molecule has 26 heavy (non-hydrogen) atoms. The number of rotatable bonds is 6. The van der Waals surface area contributed by atoms with Crippen LogP contribution in [0.5, 0.6) is 0 Å². The molecule has 1 saturated heterocycles. The number of hydrogen-bond acceptors (Lipinski definition) is 6. The molecule has 2 rings (SSSR count). The molecule has 0 aromatic heterocycles. The van der Waals surface area contributed by atoms with Gasteiger partial charge in [-0.05, 0) is 30.2 Å². The fraction of sp³-hybridized carbons (Fsp3) is 0.529. The van der Waals surface area contributed by atoms with Crippen LogP contribution in [0.4, 0.5) is 0 Å². The van der Waals surface area contributed by atoms with Crippen molar-refractivity contribution >= 4 is 21.9 Å². The van der Waals surface area contributed by atoms with Crippen molar-refractivity contribution in [2.75, 3.05) is 33.4 Å². The average molecular weight is 384 g/mol. The Labute approximate surface area is 153 Å². The van der Waals surface area contributed by atoms with E-state index < -0.39 is 27.9 Å². The Morgan fingerprint density at radius 3 is 2.23 bits per heavy atom. The van der Waals surface area contributed by atoms with E-state index in [-0.39, 0.29) is 16.4 Å². The van der Waals surface area contributed by atoms with Crippen LogP contribution in [0.2, 0.25) is 0 Å². The molecule has 0 radical (unpaired) electrons. The molecule has 1 atom stereocenters. The lowest BCUT2D eigenvalue weighted by Gasteiger charge is -2.26. The number of amides is 1. The van der Waals surface area contributed by atoms with Crippen LogP contribution in [-0.2, 0) is 24.3 Å². The van der Waals surface area contributed by atoms with Gasteiger partial charge in [0, 0.05) is 18.7 Å². The Kier molecular flexibility index (Phi) is 6.74. The Morgan fingerprint density at radius 2 is 1.73 bits per heavy atom. The first-order chi connectivity index (χ1) is 12.3. The third-order valence-corrected chi connectivity index (χ3v) is 6.05. The van der Waals surface area contributed by atoms with Gasteiger partial charge in [0.1, 0.15) is 6.04 Å². The highest BCUT2D eigenvalue weighted by molar-refractivity contribution is 7.89. The lowest BCUT2D eigenvalue weighted by molar-refractivity contribution is -0.144. The first-order valence-corrected chi connectivity index (χ1v) is 9.78. The summed E-state index contributed by atoms with van der Waals surface area (Å²) >= 11 is 0. The van der Waals surface area contributed by atoms with Gasteiger partial charge < -0.3 is 14.8 Å². The van der Waals surface area contributed by atoms with Crippen molar-refractivity contribution < 1.29 is 27.5 Å². The zero-order valence-corrected chi connectivity index (χ0v) is 15.9. The lowest BCUT2D eigenvalue weighted by Crippen LogP contribution is -2.45. The normalized spacial score (nSPS) is 16.9. The van der Waals surface area contributed by atoms with Gasteiger partial charge in [-0.1, -0.05) is 13.8 Å². The van der Waals surface area contributed by atoms with Crippen LogP contribution in [-0.4, -0.2) is 64.1 Å². The van der Waals surface area contributed by atoms with E-state index in [0.29, 0.717) is 26.3 Å². The third kappa shape index (κ3) is 4.60. The van der Waals surface area contributed by atoms with Crippen molar-refractivity contribution in [3.05, 3.63) is 29.8 Å². The first kappa shape index (κ1) is 20.3. The zero-order chi connectivity index (χ0) is 19.3. The Bertz CT molecular complexity index is 739. The first-order valence-electron chi connectivity index (χ1n) is 8.34. The molecule has 1 aliphatic rings. The Morgan fingerprint density at radius 1 is 1.15 bits per heavy atom. The summed E-state index contributed by atoms with van der Waals surface area (Å²) in [5, 5.41) is 2.62. The number of nitrogens with zero attached hydrogens (tertiary/aromatic N) is 1. The summed E-state index contributed by atoms with van der Waals surface area (Å²) in [6.45, 7) is 4.92. The number of carbonyl (C=O) groups is 2. The summed E-state index contributed by atoms with van der Waals surface area (Å²) < 4.78 is 36.4. The van der Waals surface area contributed by atoms with Gasteiger partial charge in [-0.3, -0.25) is 4.79 Å². The minimum Gasteiger partial charge on any atom is -0.467 e. The van der Waals surface area contributed by atoms with Gasteiger partial charge >= 0.3 is 5.97 Å². The van der Waals surface area contributed by atoms with Gasteiger partial charge in [0.15, 0.2) is 0 Å². The highest BCUT2D eigenvalue weighted by Gasteiger charge is 2.28. The number of nitrogens with one attached hydrogen (secondary N) is 1. The minimum absolute atomic E-state index is 0.115. The van der Waals surface area contributed by atoms with Gasteiger partial charge in [-0.25, -0.2) is 13.2 Å². The van der Waals surface area contributed by atoms with Gasteiger partial charge in [0.25, 0.3) is 5.91 Å². The predicted molar refractivity (Wildman–Crippen MR) is 94.1 cm³/mol. The molecule has 1 fully saturated rings. The summed E-state index contributed by atoms with van der Waals surface area (Å²) in [6.07, 6.45) is 0. The summed E-state index contributed by atoms with van der Waals surface area (Å²) in [6, 6.07) is 4.86. The van der Waals surface area contributed by atoms with Crippen LogP contribution < -0.4 is 5.32 Å². The number of hydrogen-bond donors (Lipinski definition) is 1. The molecular formula is C17H24N2O6S. The molecule has 0 unspecified atom stereocenters. The highest BCUT2D eigenvalue weighted by atomic mass is 32.2. The molecule has 8 nitrogen and oxygen atoms in total. The number of morpholine rings is 1. The van der Waals surface area contributed by atoms with Crippen LogP contribution >= 0.6 is 0 Å². The zero-order valence-electron chi connectivity index (χ0n) is 15.1. The quantitative estimate of drug-likeness (QED) is 0.722. The van der Waals surface area contributed by atoms with E-state index >= 15 is 0 Å². The van der Waals surface area contributed by atoms with Crippen LogP contribution in [0.1, 0.15) is 24.2 Å². The second-order valence-electron chi connectivity index (χ2n) is 6.26. The van der Waals surface area contributed by atoms with Gasteiger partial charge in [0.2, 0.25) is 10.0 Å². The van der Waals surface area contributed by atoms with Crippen LogP contribution in [0.3, 0.4) is 0 Å². The van der Waals surface area contributed by atoms with Crippen LogP contribution in [0.15, 0.2) is 29.2 Å². The molecule has 1 N–H and O–H groups in total. The van der Waals surface area contributed by atoms with E-state index in [9.17, 15) is 18.0 Å². The fourth-order valence-electron chi connectivity index (χ4n) is 2.56. The summed E-state index contributed by atoms with van der Waals surface area (Å²) in [4.78, 5) is 24.2. The monoisotopic (exact) mass is 384 g/mol. The van der Waals surface area contributed by atoms with Crippen molar-refractivity contribution in [1.82, 2.24) is 9.62 Å². The smallest absolute Gasteiger partial charge is 0.328 e. The fourth-order valence-corrected chi connectivity index (χ4v) is 3.97. The predicted octanol–water partition coefficient (Wildman–Crippen LogP) is 0.635. The number of methoxy groups -OCH3 is 1. The van der Waals surface area contributed by atoms with Gasteiger partial charge in [-0.2, -0.15) is 4.31 Å². The molecule has 144 valence electrons. The highest BCUT2D eigenvalue weighted by Crippen LogP contribution is 2.18. The molecule has 0 spiro atoms.